The lowest BCUT2D eigenvalue weighted by Crippen LogP contribution is -2.45. The number of urea groups is 1. The number of rotatable bonds is 9. The molecule has 0 bridgehead atoms. The summed E-state index contributed by atoms with van der Waals surface area (Å²) in [7, 11) is 2.06. The summed E-state index contributed by atoms with van der Waals surface area (Å²) in [6.07, 6.45) is 1.49. The fraction of sp³-hybridized carbons (Fsp3) is 0.300. The summed E-state index contributed by atoms with van der Waals surface area (Å²) < 4.78 is 19.8. The summed E-state index contributed by atoms with van der Waals surface area (Å²) in [6.45, 7) is 2.32. The maximum atomic E-state index is 12.7. The summed E-state index contributed by atoms with van der Waals surface area (Å²) in [4.78, 5) is 14.9. The smallest absolute Gasteiger partial charge is 0.319 e. The molecular weight excluding hydrogens is 508 g/mol. The van der Waals surface area contributed by atoms with Gasteiger partial charge in [0.25, 0.3) is 0 Å². The van der Waals surface area contributed by atoms with Crippen molar-refractivity contribution in [2.75, 3.05) is 25.6 Å². The van der Waals surface area contributed by atoms with Gasteiger partial charge in [0, 0.05) is 18.8 Å². The van der Waals surface area contributed by atoms with Crippen molar-refractivity contribution < 1.29 is 19.0 Å². The van der Waals surface area contributed by atoms with Gasteiger partial charge in [-0.05, 0) is 49.0 Å². The number of anilines is 1. The van der Waals surface area contributed by atoms with Gasteiger partial charge in [-0.15, -0.1) is 5.10 Å². The third-order valence-corrected chi connectivity index (χ3v) is 7.06. The van der Waals surface area contributed by atoms with E-state index in [2.05, 4.69) is 45.0 Å². The van der Waals surface area contributed by atoms with Crippen molar-refractivity contribution in [3.8, 4) is 11.5 Å². The van der Waals surface area contributed by atoms with Crippen molar-refractivity contribution in [3.63, 3.8) is 0 Å². The quantitative estimate of drug-likeness (QED) is 0.328. The number of benzene rings is 3. The lowest BCUT2D eigenvalue weighted by atomic mass is 10.1. The Morgan fingerprint density at radius 2 is 1.62 bits per heavy atom. The summed E-state index contributed by atoms with van der Waals surface area (Å²) >= 11 is 0. The lowest BCUT2D eigenvalue weighted by Gasteiger charge is -2.18. The number of hydrogen-bond donors (Lipinski definition) is 2. The minimum atomic E-state index is -0.317. The van der Waals surface area contributed by atoms with Gasteiger partial charge in [0.1, 0.15) is 29.7 Å². The van der Waals surface area contributed by atoms with Crippen LogP contribution in [0.25, 0.3) is 0 Å². The van der Waals surface area contributed by atoms with Crippen molar-refractivity contribution in [2.45, 2.75) is 37.4 Å². The molecule has 0 aliphatic carbocycles. The molecule has 0 spiro atoms. The number of ether oxygens (including phenoxy) is 3. The number of nitrogens with one attached hydrogen (secondary N) is 2. The van der Waals surface area contributed by atoms with Gasteiger partial charge >= 0.3 is 6.03 Å². The number of carbonyl (C=O) groups excluding carboxylic acids is 1. The van der Waals surface area contributed by atoms with Gasteiger partial charge in [-0.2, -0.15) is 0 Å². The summed E-state index contributed by atoms with van der Waals surface area (Å²) in [5, 5.41) is 14.6. The molecule has 40 heavy (non-hydrogen) atoms. The van der Waals surface area contributed by atoms with Crippen molar-refractivity contribution in [1.29, 1.82) is 0 Å². The van der Waals surface area contributed by atoms with E-state index in [4.69, 9.17) is 14.2 Å². The number of carbonyl (C=O) groups is 1. The maximum Gasteiger partial charge on any atom is 0.319 e. The molecule has 2 fully saturated rings. The van der Waals surface area contributed by atoms with Crippen LogP contribution in [-0.2, 0) is 22.6 Å². The first-order valence-corrected chi connectivity index (χ1v) is 13.4. The van der Waals surface area contributed by atoms with Crippen LogP contribution in [0.5, 0.6) is 11.5 Å². The average molecular weight is 541 g/mol. The second-order valence-electron chi connectivity index (χ2n) is 10.2. The first-order chi connectivity index (χ1) is 19.6. The summed E-state index contributed by atoms with van der Waals surface area (Å²) in [5.74, 6) is 1.44. The molecule has 10 nitrogen and oxygen atoms in total. The third kappa shape index (κ3) is 6.15. The Morgan fingerprint density at radius 3 is 2.40 bits per heavy atom. The molecule has 4 aromatic rings. The van der Waals surface area contributed by atoms with Crippen molar-refractivity contribution in [1.82, 2.24) is 25.2 Å². The Kier molecular flexibility index (Phi) is 7.71. The predicted molar refractivity (Wildman–Crippen MR) is 149 cm³/mol. The highest BCUT2D eigenvalue weighted by Crippen LogP contribution is 2.34. The molecule has 2 saturated heterocycles. The van der Waals surface area contributed by atoms with Crippen molar-refractivity contribution >= 4 is 11.7 Å². The van der Waals surface area contributed by atoms with Gasteiger partial charge in [0.15, 0.2) is 0 Å². The van der Waals surface area contributed by atoms with Crippen molar-refractivity contribution in [3.05, 3.63) is 102 Å². The number of fused-ring (bicyclic) bond motifs is 1. The number of para-hydroxylation sites is 1. The van der Waals surface area contributed by atoms with Crippen LogP contribution >= 0.6 is 0 Å². The molecule has 3 heterocycles. The molecule has 2 aliphatic heterocycles. The Bertz CT molecular complexity index is 1400. The lowest BCUT2D eigenvalue weighted by molar-refractivity contribution is 0.0622. The van der Waals surface area contributed by atoms with Crippen LogP contribution in [0.15, 0.2) is 91.1 Å². The fourth-order valence-corrected chi connectivity index (χ4v) is 5.17. The molecule has 2 aliphatic rings. The zero-order valence-electron chi connectivity index (χ0n) is 22.2. The van der Waals surface area contributed by atoms with Gasteiger partial charge in [0.2, 0.25) is 0 Å². The average Bonchev–Trinajstić information content (AvgIpc) is 3.69. The van der Waals surface area contributed by atoms with E-state index in [-0.39, 0.29) is 30.3 Å². The first kappa shape index (κ1) is 26.0. The number of nitrogens with zero attached hydrogens (tertiary/aromatic N) is 4. The molecule has 4 atom stereocenters. The van der Waals surface area contributed by atoms with E-state index >= 15 is 0 Å². The van der Waals surface area contributed by atoms with Crippen LogP contribution in [0.2, 0.25) is 0 Å². The second-order valence-corrected chi connectivity index (χ2v) is 10.2. The van der Waals surface area contributed by atoms with Crippen LogP contribution in [-0.4, -0.2) is 64.4 Å². The second kappa shape index (κ2) is 11.9. The van der Waals surface area contributed by atoms with E-state index in [1.54, 1.807) is 12.1 Å². The molecule has 6 rings (SSSR count). The molecule has 206 valence electrons. The van der Waals surface area contributed by atoms with E-state index in [1.165, 1.54) is 5.56 Å². The Labute approximate surface area is 232 Å². The van der Waals surface area contributed by atoms with Crippen molar-refractivity contribution in [2.24, 2.45) is 0 Å². The van der Waals surface area contributed by atoms with E-state index in [0.717, 1.165) is 18.0 Å². The Morgan fingerprint density at radius 1 is 0.925 bits per heavy atom. The fourth-order valence-electron chi connectivity index (χ4n) is 5.17. The maximum absolute atomic E-state index is 12.7. The molecular formula is C30H32N6O4. The van der Waals surface area contributed by atoms with Gasteiger partial charge in [0.05, 0.1) is 31.1 Å². The van der Waals surface area contributed by atoms with E-state index < -0.39 is 0 Å². The van der Waals surface area contributed by atoms with Gasteiger partial charge in [-0.3, -0.25) is 4.90 Å². The highest BCUT2D eigenvalue weighted by Gasteiger charge is 2.49. The number of amides is 2. The summed E-state index contributed by atoms with van der Waals surface area (Å²) in [5.41, 5.74) is 2.79. The molecule has 0 unspecified atom stereocenters. The Balaban J connectivity index is 0.992. The monoisotopic (exact) mass is 540 g/mol. The SMILES string of the molecule is CN(Cc1ccccc1)Cc1cn([C@H]2CO[C@H]3[C@@H]2OC[C@@H]3NC(=O)Nc2ccc(Oc3ccccc3)cc2)nn1. The normalized spacial score (nSPS) is 21.8. The van der Waals surface area contributed by atoms with E-state index in [1.807, 2.05) is 71.5 Å². The summed E-state index contributed by atoms with van der Waals surface area (Å²) in [6, 6.07) is 26.4. The molecule has 2 N–H and O–H groups in total. The predicted octanol–water partition coefficient (Wildman–Crippen LogP) is 4.23. The molecule has 10 heteroatoms. The largest absolute Gasteiger partial charge is 0.457 e. The number of aromatic nitrogens is 3. The third-order valence-electron chi connectivity index (χ3n) is 7.06. The van der Waals surface area contributed by atoms with Gasteiger partial charge in [-0.25, -0.2) is 9.48 Å². The van der Waals surface area contributed by atoms with Crippen LogP contribution in [0.3, 0.4) is 0 Å². The minimum absolute atomic E-state index is 0.0994. The van der Waals surface area contributed by atoms with Gasteiger partial charge < -0.3 is 24.8 Å². The topological polar surface area (TPSA) is 103 Å². The molecule has 1 aromatic heterocycles. The number of hydrogen-bond acceptors (Lipinski definition) is 7. The minimum Gasteiger partial charge on any atom is -0.457 e. The van der Waals surface area contributed by atoms with E-state index in [0.29, 0.717) is 31.2 Å². The van der Waals surface area contributed by atoms with Crippen LogP contribution in [0.4, 0.5) is 10.5 Å². The Hall–Kier alpha value is -4.25. The van der Waals surface area contributed by atoms with Crippen LogP contribution in [0, 0.1) is 0 Å². The van der Waals surface area contributed by atoms with Crippen LogP contribution < -0.4 is 15.4 Å². The highest BCUT2D eigenvalue weighted by atomic mass is 16.6. The zero-order valence-corrected chi connectivity index (χ0v) is 22.2. The molecule has 3 aromatic carbocycles. The standard InChI is InChI=1S/C30H32N6O4/c1-35(16-21-8-4-2-5-9-21)17-23-18-36(34-33-23)27-20-39-28-26(19-38-29(27)28)32-30(37)31-22-12-14-25(15-13-22)40-24-10-6-3-7-11-24/h2-15,18,26-29H,16-17,19-20H2,1H3,(H2,31,32,37)/t26-,27-,28+,29+/m0/s1. The molecule has 0 saturated carbocycles. The highest BCUT2D eigenvalue weighted by molar-refractivity contribution is 5.89. The van der Waals surface area contributed by atoms with Gasteiger partial charge in [-0.1, -0.05) is 53.7 Å². The van der Waals surface area contributed by atoms with E-state index in [9.17, 15) is 4.79 Å². The first-order valence-electron chi connectivity index (χ1n) is 13.4. The molecule has 2 amide bonds. The zero-order chi connectivity index (χ0) is 27.3. The molecule has 0 radical (unpaired) electrons. The van der Waals surface area contributed by atoms with Crippen LogP contribution in [0.1, 0.15) is 17.3 Å².